The molecule has 0 spiro atoms. The SMILES string of the molecule is O=C(/C=C/c1ccccc1)CCC(=O)NCc1ccc(C(=O)CO)cc1. The Morgan fingerprint density at radius 1 is 0.923 bits per heavy atom. The van der Waals surface area contributed by atoms with Gasteiger partial charge in [-0.3, -0.25) is 14.4 Å². The van der Waals surface area contributed by atoms with Crippen molar-refractivity contribution >= 4 is 23.5 Å². The van der Waals surface area contributed by atoms with Crippen LogP contribution in [0, 0.1) is 0 Å². The predicted molar refractivity (Wildman–Crippen MR) is 99.4 cm³/mol. The van der Waals surface area contributed by atoms with Crippen molar-refractivity contribution in [3.8, 4) is 0 Å². The van der Waals surface area contributed by atoms with Crippen molar-refractivity contribution in [2.24, 2.45) is 0 Å². The number of amides is 1. The third-order valence-electron chi connectivity index (χ3n) is 3.77. The summed E-state index contributed by atoms with van der Waals surface area (Å²) >= 11 is 0. The fourth-order valence-electron chi connectivity index (χ4n) is 2.26. The molecule has 0 saturated heterocycles. The molecule has 0 aliphatic heterocycles. The lowest BCUT2D eigenvalue weighted by Crippen LogP contribution is -2.23. The van der Waals surface area contributed by atoms with E-state index in [0.29, 0.717) is 12.1 Å². The summed E-state index contributed by atoms with van der Waals surface area (Å²) in [5, 5.41) is 11.5. The van der Waals surface area contributed by atoms with Gasteiger partial charge in [0.25, 0.3) is 0 Å². The van der Waals surface area contributed by atoms with Crippen LogP contribution >= 0.6 is 0 Å². The van der Waals surface area contributed by atoms with Crippen molar-refractivity contribution < 1.29 is 19.5 Å². The highest BCUT2D eigenvalue weighted by molar-refractivity contribution is 5.97. The monoisotopic (exact) mass is 351 g/mol. The van der Waals surface area contributed by atoms with Gasteiger partial charge >= 0.3 is 0 Å². The topological polar surface area (TPSA) is 83.5 Å². The fourth-order valence-corrected chi connectivity index (χ4v) is 2.26. The van der Waals surface area contributed by atoms with Crippen LogP contribution in [0.3, 0.4) is 0 Å². The van der Waals surface area contributed by atoms with Gasteiger partial charge in [-0.25, -0.2) is 0 Å². The standard InChI is InChI=1S/C21H21NO4/c23-15-20(25)18-9-6-17(7-10-18)14-22-21(26)13-12-19(24)11-8-16-4-2-1-3-5-16/h1-11,23H,12-15H2,(H,22,26)/b11-8+. The molecule has 2 rings (SSSR count). The molecule has 5 nitrogen and oxygen atoms in total. The molecule has 2 N–H and O–H groups in total. The zero-order valence-electron chi connectivity index (χ0n) is 14.4. The zero-order chi connectivity index (χ0) is 18.8. The highest BCUT2D eigenvalue weighted by atomic mass is 16.3. The summed E-state index contributed by atoms with van der Waals surface area (Å²) in [4.78, 5) is 35.0. The van der Waals surface area contributed by atoms with E-state index >= 15 is 0 Å². The summed E-state index contributed by atoms with van der Waals surface area (Å²) in [6.07, 6.45) is 3.49. The Bertz CT molecular complexity index is 779. The molecule has 0 atom stereocenters. The van der Waals surface area contributed by atoms with Crippen LogP contribution in [0.15, 0.2) is 60.7 Å². The molecule has 2 aromatic carbocycles. The first-order chi connectivity index (χ1) is 12.6. The second kappa shape index (κ2) is 10.1. The molecule has 0 bridgehead atoms. The average Bonchev–Trinajstić information content (AvgIpc) is 2.69. The Kier molecular flexibility index (Phi) is 7.46. The molecule has 0 aromatic heterocycles. The summed E-state index contributed by atoms with van der Waals surface area (Å²) in [7, 11) is 0. The number of hydrogen-bond donors (Lipinski definition) is 2. The first-order valence-electron chi connectivity index (χ1n) is 8.34. The molecule has 26 heavy (non-hydrogen) atoms. The van der Waals surface area contributed by atoms with Crippen LogP contribution in [-0.4, -0.2) is 29.2 Å². The van der Waals surface area contributed by atoms with E-state index in [9.17, 15) is 14.4 Å². The maximum Gasteiger partial charge on any atom is 0.220 e. The molecular formula is C21H21NO4. The van der Waals surface area contributed by atoms with Crippen molar-refractivity contribution in [3.63, 3.8) is 0 Å². The Labute approximate surface area is 152 Å². The molecule has 2 aromatic rings. The maximum atomic E-state index is 11.8. The van der Waals surface area contributed by atoms with Crippen LogP contribution in [0.2, 0.25) is 0 Å². The van der Waals surface area contributed by atoms with Gasteiger partial charge in [-0.2, -0.15) is 0 Å². The lowest BCUT2D eigenvalue weighted by molar-refractivity contribution is -0.124. The molecule has 0 radical (unpaired) electrons. The molecule has 0 saturated carbocycles. The number of nitrogens with one attached hydrogen (secondary N) is 1. The minimum absolute atomic E-state index is 0.101. The largest absolute Gasteiger partial charge is 0.388 e. The van der Waals surface area contributed by atoms with E-state index in [0.717, 1.165) is 11.1 Å². The van der Waals surface area contributed by atoms with Gasteiger partial charge in [-0.05, 0) is 17.2 Å². The molecule has 0 heterocycles. The smallest absolute Gasteiger partial charge is 0.220 e. The fraction of sp³-hybridized carbons (Fsp3) is 0.190. The Hall–Kier alpha value is -3.05. The number of rotatable bonds is 9. The summed E-state index contributed by atoms with van der Waals surface area (Å²) in [6.45, 7) is -0.205. The highest BCUT2D eigenvalue weighted by Crippen LogP contribution is 2.06. The van der Waals surface area contributed by atoms with Crippen LogP contribution in [0.25, 0.3) is 6.08 Å². The summed E-state index contributed by atoms with van der Waals surface area (Å²) in [6, 6.07) is 16.1. The quantitative estimate of drug-likeness (QED) is 0.537. The van der Waals surface area contributed by atoms with Crippen molar-refractivity contribution in [3.05, 3.63) is 77.4 Å². The predicted octanol–water partition coefficient (Wildman–Crippen LogP) is 2.54. The highest BCUT2D eigenvalue weighted by Gasteiger charge is 2.06. The summed E-state index contributed by atoms with van der Waals surface area (Å²) in [5.74, 6) is -0.652. The molecular weight excluding hydrogens is 330 g/mol. The third kappa shape index (κ3) is 6.45. The minimum Gasteiger partial charge on any atom is -0.388 e. The first-order valence-corrected chi connectivity index (χ1v) is 8.34. The number of allylic oxidation sites excluding steroid dienone is 1. The lowest BCUT2D eigenvalue weighted by Gasteiger charge is -2.05. The van der Waals surface area contributed by atoms with Crippen LogP contribution in [0.1, 0.15) is 34.3 Å². The van der Waals surface area contributed by atoms with Crippen molar-refractivity contribution in [2.75, 3.05) is 6.61 Å². The van der Waals surface area contributed by atoms with Crippen LogP contribution < -0.4 is 5.32 Å². The summed E-state index contributed by atoms with van der Waals surface area (Å²) < 4.78 is 0. The number of Topliss-reactive ketones (excluding diaryl/α,β-unsaturated/α-hetero) is 1. The van der Waals surface area contributed by atoms with E-state index in [4.69, 9.17) is 5.11 Å². The Morgan fingerprint density at radius 2 is 1.62 bits per heavy atom. The van der Waals surface area contributed by atoms with Crippen molar-refractivity contribution in [2.45, 2.75) is 19.4 Å². The summed E-state index contributed by atoms with van der Waals surface area (Å²) in [5.41, 5.74) is 2.20. The van der Waals surface area contributed by atoms with E-state index in [2.05, 4.69) is 5.32 Å². The second-order valence-corrected chi connectivity index (χ2v) is 5.77. The van der Waals surface area contributed by atoms with Gasteiger partial charge in [0.05, 0.1) is 0 Å². The number of aliphatic hydroxyl groups excluding tert-OH is 1. The van der Waals surface area contributed by atoms with E-state index in [1.54, 1.807) is 30.3 Å². The normalized spacial score (nSPS) is 10.7. The van der Waals surface area contributed by atoms with E-state index in [1.807, 2.05) is 30.3 Å². The molecule has 5 heteroatoms. The number of ketones is 2. The van der Waals surface area contributed by atoms with Crippen LogP contribution in [0.4, 0.5) is 0 Å². The molecule has 0 aliphatic carbocycles. The van der Waals surface area contributed by atoms with Crippen LogP contribution in [-0.2, 0) is 16.1 Å². The van der Waals surface area contributed by atoms with Gasteiger partial charge in [0, 0.05) is 24.9 Å². The van der Waals surface area contributed by atoms with Crippen LogP contribution in [0.5, 0.6) is 0 Å². The Morgan fingerprint density at radius 3 is 2.27 bits per heavy atom. The zero-order valence-corrected chi connectivity index (χ0v) is 14.4. The van der Waals surface area contributed by atoms with Gasteiger partial charge in [-0.1, -0.05) is 60.7 Å². The molecule has 0 aliphatic rings. The van der Waals surface area contributed by atoms with E-state index < -0.39 is 6.61 Å². The van der Waals surface area contributed by atoms with Gasteiger partial charge in [0.1, 0.15) is 6.61 Å². The first kappa shape index (κ1) is 19.3. The number of carbonyl (C=O) groups excluding carboxylic acids is 3. The van der Waals surface area contributed by atoms with Crippen molar-refractivity contribution in [1.29, 1.82) is 0 Å². The molecule has 0 unspecified atom stereocenters. The molecule has 134 valence electrons. The number of carbonyl (C=O) groups is 3. The van der Waals surface area contributed by atoms with E-state index in [1.165, 1.54) is 6.08 Å². The number of benzene rings is 2. The lowest BCUT2D eigenvalue weighted by atomic mass is 10.1. The Balaban J connectivity index is 1.72. The second-order valence-electron chi connectivity index (χ2n) is 5.77. The third-order valence-corrected chi connectivity index (χ3v) is 3.77. The van der Waals surface area contributed by atoms with Gasteiger partial charge in [0.2, 0.25) is 5.91 Å². The van der Waals surface area contributed by atoms with Gasteiger partial charge in [-0.15, -0.1) is 0 Å². The molecule has 1 amide bonds. The van der Waals surface area contributed by atoms with Crippen molar-refractivity contribution in [1.82, 2.24) is 5.32 Å². The minimum atomic E-state index is -0.525. The maximum absolute atomic E-state index is 11.8. The molecule has 0 fully saturated rings. The van der Waals surface area contributed by atoms with Gasteiger partial charge in [0.15, 0.2) is 11.6 Å². The van der Waals surface area contributed by atoms with Gasteiger partial charge < -0.3 is 10.4 Å². The number of hydrogen-bond acceptors (Lipinski definition) is 4. The van der Waals surface area contributed by atoms with E-state index in [-0.39, 0.29) is 30.3 Å². The average molecular weight is 351 g/mol. The number of aliphatic hydroxyl groups is 1.